The number of ether oxygens (including phenoxy) is 2. The van der Waals surface area contributed by atoms with Crippen molar-refractivity contribution in [1.29, 1.82) is 0 Å². The van der Waals surface area contributed by atoms with E-state index in [4.69, 9.17) is 14.6 Å². The highest BCUT2D eigenvalue weighted by molar-refractivity contribution is 5.95. The normalized spacial score (nSPS) is 14.7. The topological polar surface area (TPSA) is 80.7 Å². The van der Waals surface area contributed by atoms with E-state index in [0.717, 1.165) is 10.8 Å². The van der Waals surface area contributed by atoms with Gasteiger partial charge in [-0.1, -0.05) is 6.92 Å². The first kappa shape index (κ1) is 13.5. The van der Waals surface area contributed by atoms with Crippen molar-refractivity contribution in [3.05, 3.63) is 24.4 Å². The lowest BCUT2D eigenvalue weighted by Gasteiger charge is -2.20. The summed E-state index contributed by atoms with van der Waals surface area (Å²) in [5, 5.41) is 13.9. The van der Waals surface area contributed by atoms with Crippen LogP contribution in [0.3, 0.4) is 0 Å². The van der Waals surface area contributed by atoms with E-state index < -0.39 is 12.0 Å². The smallest absolute Gasteiger partial charge is 0.326 e. The highest BCUT2D eigenvalue weighted by atomic mass is 16.6. The molecule has 1 aliphatic heterocycles. The largest absolute Gasteiger partial charge is 0.486 e. The summed E-state index contributed by atoms with van der Waals surface area (Å²) in [6.07, 6.45) is 2.12. The van der Waals surface area contributed by atoms with Crippen LogP contribution >= 0.6 is 0 Å². The summed E-state index contributed by atoms with van der Waals surface area (Å²) in [7, 11) is 0. The Balaban J connectivity index is 2.04. The number of aliphatic carboxylic acids is 1. The standard InChI is InChI=1S/C15H16N2O4/c1-2-11(15(18)19)17-14-10-8-13-12(20-5-6-21-13)7-9(10)3-4-16-14/h3-4,7-8,11H,2,5-6H2,1H3,(H,16,17)(H,18,19). The highest BCUT2D eigenvalue weighted by Gasteiger charge is 2.18. The third-order valence-corrected chi connectivity index (χ3v) is 3.44. The molecular weight excluding hydrogens is 272 g/mol. The summed E-state index contributed by atoms with van der Waals surface area (Å²) >= 11 is 0. The first-order valence-corrected chi connectivity index (χ1v) is 6.86. The molecule has 2 heterocycles. The van der Waals surface area contributed by atoms with Crippen LogP contribution in [-0.2, 0) is 4.79 Å². The van der Waals surface area contributed by atoms with Crippen LogP contribution in [0.25, 0.3) is 10.8 Å². The Hall–Kier alpha value is -2.50. The van der Waals surface area contributed by atoms with Gasteiger partial charge in [0.25, 0.3) is 0 Å². The van der Waals surface area contributed by atoms with Gasteiger partial charge in [0.05, 0.1) is 0 Å². The molecule has 0 saturated carbocycles. The average molecular weight is 288 g/mol. The summed E-state index contributed by atoms with van der Waals surface area (Å²) in [4.78, 5) is 15.4. The van der Waals surface area contributed by atoms with Crippen molar-refractivity contribution in [3.63, 3.8) is 0 Å². The molecule has 0 amide bonds. The number of fused-ring (bicyclic) bond motifs is 2. The molecule has 3 rings (SSSR count). The molecule has 0 bridgehead atoms. The number of hydrogen-bond acceptors (Lipinski definition) is 5. The zero-order chi connectivity index (χ0) is 14.8. The Morgan fingerprint density at radius 1 is 1.38 bits per heavy atom. The number of nitrogens with one attached hydrogen (secondary N) is 1. The van der Waals surface area contributed by atoms with Crippen molar-refractivity contribution in [3.8, 4) is 11.5 Å². The number of rotatable bonds is 4. The van der Waals surface area contributed by atoms with Crippen LogP contribution in [0.1, 0.15) is 13.3 Å². The van der Waals surface area contributed by atoms with Gasteiger partial charge in [0.2, 0.25) is 0 Å². The third kappa shape index (κ3) is 2.56. The molecule has 6 nitrogen and oxygen atoms in total. The fraction of sp³-hybridized carbons (Fsp3) is 0.333. The number of pyridine rings is 1. The number of benzene rings is 1. The number of anilines is 1. The molecule has 0 spiro atoms. The monoisotopic (exact) mass is 288 g/mol. The Bertz CT molecular complexity index is 687. The molecule has 0 radical (unpaired) electrons. The summed E-state index contributed by atoms with van der Waals surface area (Å²) in [6, 6.07) is 4.92. The Labute approximate surface area is 121 Å². The quantitative estimate of drug-likeness (QED) is 0.898. The number of aromatic nitrogens is 1. The number of nitrogens with zero attached hydrogens (tertiary/aromatic N) is 1. The molecule has 110 valence electrons. The molecular formula is C15H16N2O4. The molecule has 0 saturated heterocycles. The maximum absolute atomic E-state index is 11.2. The van der Waals surface area contributed by atoms with E-state index in [0.29, 0.717) is 37.0 Å². The Morgan fingerprint density at radius 2 is 2.10 bits per heavy atom. The lowest BCUT2D eigenvalue weighted by Crippen LogP contribution is -2.28. The predicted molar refractivity (Wildman–Crippen MR) is 78.1 cm³/mol. The van der Waals surface area contributed by atoms with Crippen LogP contribution in [0.5, 0.6) is 11.5 Å². The van der Waals surface area contributed by atoms with Gasteiger partial charge in [-0.3, -0.25) is 0 Å². The Kier molecular flexibility index (Phi) is 3.51. The minimum atomic E-state index is -0.895. The van der Waals surface area contributed by atoms with E-state index in [-0.39, 0.29) is 0 Å². The molecule has 0 fully saturated rings. The second-order valence-corrected chi connectivity index (χ2v) is 4.82. The third-order valence-electron chi connectivity index (χ3n) is 3.44. The second kappa shape index (κ2) is 5.47. The number of carboxylic acids is 1. The van der Waals surface area contributed by atoms with Gasteiger partial charge in [-0.05, 0) is 30.0 Å². The van der Waals surface area contributed by atoms with Crippen LogP contribution in [0.2, 0.25) is 0 Å². The van der Waals surface area contributed by atoms with E-state index in [9.17, 15) is 4.79 Å². The molecule has 1 aliphatic rings. The van der Waals surface area contributed by atoms with Gasteiger partial charge >= 0.3 is 5.97 Å². The van der Waals surface area contributed by atoms with E-state index in [1.807, 2.05) is 25.1 Å². The number of hydrogen-bond donors (Lipinski definition) is 2. The van der Waals surface area contributed by atoms with Crippen molar-refractivity contribution in [2.75, 3.05) is 18.5 Å². The van der Waals surface area contributed by atoms with Crippen LogP contribution in [-0.4, -0.2) is 35.3 Å². The van der Waals surface area contributed by atoms with Gasteiger partial charge in [0.1, 0.15) is 25.1 Å². The molecule has 0 aliphatic carbocycles. The van der Waals surface area contributed by atoms with Gasteiger partial charge in [-0.2, -0.15) is 0 Å². The molecule has 1 aromatic heterocycles. The summed E-state index contributed by atoms with van der Waals surface area (Å²) in [5.74, 6) is 1.01. The summed E-state index contributed by atoms with van der Waals surface area (Å²) in [5.41, 5.74) is 0. The first-order chi connectivity index (χ1) is 10.2. The lowest BCUT2D eigenvalue weighted by molar-refractivity contribution is -0.137. The van der Waals surface area contributed by atoms with E-state index in [2.05, 4.69) is 10.3 Å². The number of carbonyl (C=O) groups is 1. The van der Waals surface area contributed by atoms with E-state index in [1.165, 1.54) is 0 Å². The molecule has 6 heteroatoms. The SMILES string of the molecule is CCC(Nc1nccc2cc3c(cc12)OCCO3)C(=O)O. The van der Waals surface area contributed by atoms with Crippen molar-refractivity contribution < 1.29 is 19.4 Å². The van der Waals surface area contributed by atoms with Crippen molar-refractivity contribution in [2.24, 2.45) is 0 Å². The lowest BCUT2D eigenvalue weighted by atomic mass is 10.1. The summed E-state index contributed by atoms with van der Waals surface area (Å²) in [6.45, 7) is 2.86. The highest BCUT2D eigenvalue weighted by Crippen LogP contribution is 2.36. The van der Waals surface area contributed by atoms with Crippen molar-refractivity contribution in [1.82, 2.24) is 4.98 Å². The predicted octanol–water partition coefficient (Wildman–Crippen LogP) is 2.28. The van der Waals surface area contributed by atoms with Gasteiger partial charge in [-0.15, -0.1) is 0 Å². The van der Waals surface area contributed by atoms with Crippen LogP contribution in [0.15, 0.2) is 24.4 Å². The maximum Gasteiger partial charge on any atom is 0.326 e. The maximum atomic E-state index is 11.2. The van der Waals surface area contributed by atoms with Gasteiger partial charge in [0.15, 0.2) is 11.5 Å². The zero-order valence-corrected chi connectivity index (χ0v) is 11.6. The van der Waals surface area contributed by atoms with Crippen LogP contribution < -0.4 is 14.8 Å². The van der Waals surface area contributed by atoms with E-state index in [1.54, 1.807) is 6.20 Å². The second-order valence-electron chi connectivity index (χ2n) is 4.82. The van der Waals surface area contributed by atoms with E-state index >= 15 is 0 Å². The van der Waals surface area contributed by atoms with Crippen molar-refractivity contribution >= 4 is 22.6 Å². The molecule has 21 heavy (non-hydrogen) atoms. The average Bonchev–Trinajstić information content (AvgIpc) is 2.50. The first-order valence-electron chi connectivity index (χ1n) is 6.86. The van der Waals surface area contributed by atoms with Gasteiger partial charge < -0.3 is 19.9 Å². The zero-order valence-electron chi connectivity index (χ0n) is 11.6. The number of carboxylic acid groups (broad SMARTS) is 1. The minimum absolute atomic E-state index is 0.470. The minimum Gasteiger partial charge on any atom is -0.486 e. The summed E-state index contributed by atoms with van der Waals surface area (Å²) < 4.78 is 11.1. The molecule has 1 unspecified atom stereocenters. The molecule has 2 aromatic rings. The van der Waals surface area contributed by atoms with Crippen molar-refractivity contribution in [2.45, 2.75) is 19.4 Å². The Morgan fingerprint density at radius 3 is 2.76 bits per heavy atom. The fourth-order valence-corrected chi connectivity index (χ4v) is 2.33. The van der Waals surface area contributed by atoms with Gasteiger partial charge in [-0.25, -0.2) is 9.78 Å². The fourth-order valence-electron chi connectivity index (χ4n) is 2.33. The molecule has 2 N–H and O–H groups in total. The van der Waals surface area contributed by atoms with Crippen LogP contribution in [0.4, 0.5) is 5.82 Å². The van der Waals surface area contributed by atoms with Gasteiger partial charge in [0, 0.05) is 11.6 Å². The molecule has 1 atom stereocenters. The molecule has 1 aromatic carbocycles. The van der Waals surface area contributed by atoms with Crippen LogP contribution in [0, 0.1) is 0 Å².